The molecule has 0 unspecified atom stereocenters. The lowest BCUT2D eigenvalue weighted by atomic mass is 10.1. The van der Waals surface area contributed by atoms with Crippen molar-refractivity contribution in [3.8, 4) is 0 Å². The molecule has 0 bridgehead atoms. The molecule has 0 atom stereocenters. The number of hydrogen-bond donors (Lipinski definition) is 2. The molecule has 8 heteroatoms. The van der Waals surface area contributed by atoms with E-state index in [9.17, 15) is 9.59 Å². The number of rotatable bonds is 8. The first kappa shape index (κ1) is 25.0. The molecule has 2 N–H and O–H groups in total. The van der Waals surface area contributed by atoms with Gasteiger partial charge in [-0.1, -0.05) is 42.1 Å². The van der Waals surface area contributed by atoms with E-state index in [2.05, 4.69) is 20.5 Å². The summed E-state index contributed by atoms with van der Waals surface area (Å²) < 4.78 is 5.12. The fraction of sp³-hybridized carbons (Fsp3) is 0.0667. The third-order valence-corrected chi connectivity index (χ3v) is 6.76. The predicted octanol–water partition coefficient (Wildman–Crippen LogP) is 6.71. The SMILES string of the molecule is CCOC(=O)c1ccccc1NC(=O)c1ccccc1Sc1ccc2c(/C=C/c3ccccn3)n[nH]c2c1. The summed E-state index contributed by atoms with van der Waals surface area (Å²) in [7, 11) is 0. The number of benzene rings is 3. The third-order valence-electron chi connectivity index (χ3n) is 5.69. The van der Waals surface area contributed by atoms with Crippen LogP contribution in [0.1, 0.15) is 39.0 Å². The largest absolute Gasteiger partial charge is 0.462 e. The van der Waals surface area contributed by atoms with Crippen LogP contribution in [0, 0.1) is 0 Å². The Morgan fingerprint density at radius 1 is 0.947 bits per heavy atom. The van der Waals surface area contributed by atoms with E-state index in [-0.39, 0.29) is 12.5 Å². The number of aromatic amines is 1. The van der Waals surface area contributed by atoms with Crippen LogP contribution in [0.2, 0.25) is 0 Å². The summed E-state index contributed by atoms with van der Waals surface area (Å²) in [6, 6.07) is 26.0. The molecular formula is C30H24N4O3S. The minimum atomic E-state index is -0.479. The Morgan fingerprint density at radius 2 is 1.74 bits per heavy atom. The second-order valence-corrected chi connectivity index (χ2v) is 9.34. The lowest BCUT2D eigenvalue weighted by Gasteiger charge is -2.12. The Kier molecular flexibility index (Phi) is 7.61. The van der Waals surface area contributed by atoms with Crippen LogP contribution in [-0.4, -0.2) is 33.7 Å². The van der Waals surface area contributed by atoms with Crippen molar-refractivity contribution in [2.75, 3.05) is 11.9 Å². The molecular weight excluding hydrogens is 496 g/mol. The summed E-state index contributed by atoms with van der Waals surface area (Å²) in [6.07, 6.45) is 5.61. The van der Waals surface area contributed by atoms with Crippen LogP contribution in [0.25, 0.3) is 23.1 Å². The molecule has 0 aliphatic carbocycles. The second-order valence-electron chi connectivity index (χ2n) is 8.22. The molecule has 188 valence electrons. The predicted molar refractivity (Wildman–Crippen MR) is 150 cm³/mol. The lowest BCUT2D eigenvalue weighted by Crippen LogP contribution is -2.16. The van der Waals surface area contributed by atoms with Gasteiger partial charge in [0.2, 0.25) is 0 Å². The zero-order valence-electron chi connectivity index (χ0n) is 20.5. The summed E-state index contributed by atoms with van der Waals surface area (Å²) in [6.45, 7) is 2.00. The molecule has 5 aromatic rings. The zero-order chi connectivity index (χ0) is 26.3. The van der Waals surface area contributed by atoms with Crippen molar-refractivity contribution in [2.45, 2.75) is 16.7 Å². The Balaban J connectivity index is 1.36. The fourth-order valence-electron chi connectivity index (χ4n) is 3.89. The van der Waals surface area contributed by atoms with Crippen LogP contribution in [0.15, 0.2) is 101 Å². The van der Waals surface area contributed by atoms with Gasteiger partial charge in [0.05, 0.1) is 40.3 Å². The Bertz CT molecular complexity index is 1630. The summed E-state index contributed by atoms with van der Waals surface area (Å²) in [5.41, 5.74) is 3.78. The number of carbonyl (C=O) groups is 2. The van der Waals surface area contributed by atoms with Crippen molar-refractivity contribution < 1.29 is 14.3 Å². The highest BCUT2D eigenvalue weighted by Gasteiger charge is 2.17. The van der Waals surface area contributed by atoms with Crippen molar-refractivity contribution in [2.24, 2.45) is 0 Å². The molecule has 0 saturated heterocycles. The van der Waals surface area contributed by atoms with Crippen molar-refractivity contribution >= 4 is 52.4 Å². The highest BCUT2D eigenvalue weighted by Crippen LogP contribution is 2.33. The van der Waals surface area contributed by atoms with E-state index in [1.807, 2.05) is 66.7 Å². The number of esters is 1. The molecule has 0 fully saturated rings. The summed E-state index contributed by atoms with van der Waals surface area (Å²) in [5, 5.41) is 11.4. The smallest absolute Gasteiger partial charge is 0.340 e. The topological polar surface area (TPSA) is 97.0 Å². The van der Waals surface area contributed by atoms with E-state index in [1.165, 1.54) is 11.8 Å². The minimum absolute atomic E-state index is 0.253. The van der Waals surface area contributed by atoms with Crippen LogP contribution < -0.4 is 5.32 Å². The molecule has 2 heterocycles. The van der Waals surface area contributed by atoms with E-state index in [0.29, 0.717) is 16.8 Å². The van der Waals surface area contributed by atoms with E-state index < -0.39 is 5.97 Å². The van der Waals surface area contributed by atoms with E-state index in [0.717, 1.165) is 32.1 Å². The number of hydrogen-bond acceptors (Lipinski definition) is 6. The van der Waals surface area contributed by atoms with Crippen LogP contribution in [0.5, 0.6) is 0 Å². The van der Waals surface area contributed by atoms with E-state index >= 15 is 0 Å². The standard InChI is InChI=1S/C30H24N4O3S/c1-2-37-30(36)23-10-3-5-12-25(23)32-29(35)24-11-4-6-13-28(24)38-21-15-16-22-26(33-34-27(22)19-21)17-14-20-9-7-8-18-31-20/h3-19H,2H2,1H3,(H,32,35)(H,33,34)/b17-14+. The maximum absolute atomic E-state index is 13.3. The number of amides is 1. The van der Waals surface area contributed by atoms with Crippen molar-refractivity contribution in [3.63, 3.8) is 0 Å². The van der Waals surface area contributed by atoms with Crippen LogP contribution >= 0.6 is 11.8 Å². The average molecular weight is 521 g/mol. The highest BCUT2D eigenvalue weighted by molar-refractivity contribution is 7.99. The van der Waals surface area contributed by atoms with E-state index in [4.69, 9.17) is 4.74 Å². The number of anilines is 1. The number of fused-ring (bicyclic) bond motifs is 1. The minimum Gasteiger partial charge on any atom is -0.462 e. The van der Waals surface area contributed by atoms with E-state index in [1.54, 1.807) is 43.5 Å². The van der Waals surface area contributed by atoms with Crippen molar-refractivity contribution in [1.29, 1.82) is 0 Å². The van der Waals surface area contributed by atoms with Crippen molar-refractivity contribution in [1.82, 2.24) is 15.2 Å². The van der Waals surface area contributed by atoms with Gasteiger partial charge in [0.15, 0.2) is 0 Å². The molecule has 0 radical (unpaired) electrons. The maximum Gasteiger partial charge on any atom is 0.340 e. The molecule has 5 rings (SSSR count). The van der Waals surface area contributed by atoms with Gasteiger partial charge >= 0.3 is 5.97 Å². The van der Waals surface area contributed by atoms with Crippen molar-refractivity contribution in [3.05, 3.63) is 114 Å². The third kappa shape index (κ3) is 5.66. The monoisotopic (exact) mass is 520 g/mol. The molecule has 2 aromatic heterocycles. The maximum atomic E-state index is 13.3. The Hall–Kier alpha value is -4.69. The number of ether oxygens (including phenoxy) is 1. The Labute approximate surface area is 224 Å². The van der Waals surface area contributed by atoms with Gasteiger partial charge < -0.3 is 10.1 Å². The first-order valence-electron chi connectivity index (χ1n) is 12.0. The van der Waals surface area contributed by atoms with Gasteiger partial charge in [-0.05, 0) is 73.7 Å². The zero-order valence-corrected chi connectivity index (χ0v) is 21.4. The quantitative estimate of drug-likeness (QED) is 0.221. The molecule has 0 aliphatic heterocycles. The molecule has 38 heavy (non-hydrogen) atoms. The summed E-state index contributed by atoms with van der Waals surface area (Å²) >= 11 is 1.48. The van der Waals surface area contributed by atoms with Gasteiger partial charge in [0.25, 0.3) is 5.91 Å². The normalized spacial score (nSPS) is 11.1. The Morgan fingerprint density at radius 3 is 2.55 bits per heavy atom. The molecule has 0 spiro atoms. The number of nitrogens with zero attached hydrogens (tertiary/aromatic N) is 2. The van der Waals surface area contributed by atoms with Crippen LogP contribution in [-0.2, 0) is 4.74 Å². The fourth-order valence-corrected chi connectivity index (χ4v) is 4.87. The van der Waals surface area contributed by atoms with Gasteiger partial charge in [-0.2, -0.15) is 5.10 Å². The van der Waals surface area contributed by atoms with Gasteiger partial charge in [0.1, 0.15) is 0 Å². The van der Waals surface area contributed by atoms with Gasteiger partial charge in [-0.25, -0.2) is 4.79 Å². The first-order chi connectivity index (χ1) is 18.6. The number of carbonyl (C=O) groups excluding carboxylic acids is 2. The number of pyridine rings is 1. The molecule has 7 nitrogen and oxygen atoms in total. The number of nitrogens with one attached hydrogen (secondary N) is 2. The molecule has 0 saturated carbocycles. The average Bonchev–Trinajstić information content (AvgIpc) is 3.35. The van der Waals surface area contributed by atoms with Gasteiger partial charge in [-0.3, -0.25) is 14.9 Å². The number of H-pyrrole nitrogens is 1. The van der Waals surface area contributed by atoms with Crippen LogP contribution in [0.3, 0.4) is 0 Å². The van der Waals surface area contributed by atoms with Crippen LogP contribution in [0.4, 0.5) is 5.69 Å². The van der Waals surface area contributed by atoms with Gasteiger partial charge in [-0.15, -0.1) is 0 Å². The molecule has 3 aromatic carbocycles. The molecule has 0 aliphatic rings. The number of para-hydroxylation sites is 1. The summed E-state index contributed by atoms with van der Waals surface area (Å²) in [4.78, 5) is 31.6. The molecule has 1 amide bonds. The second kappa shape index (κ2) is 11.6. The van der Waals surface area contributed by atoms with Gasteiger partial charge in [0, 0.05) is 21.4 Å². The summed E-state index contributed by atoms with van der Waals surface area (Å²) in [5.74, 6) is -0.789. The first-order valence-corrected chi connectivity index (χ1v) is 12.9. The lowest BCUT2D eigenvalue weighted by molar-refractivity contribution is 0.0527. The highest BCUT2D eigenvalue weighted by atomic mass is 32.2. The number of aromatic nitrogens is 3.